The molecule has 1 aromatic rings. The number of piperidine rings is 1. The van der Waals surface area contributed by atoms with Crippen molar-refractivity contribution < 1.29 is 14.6 Å². The van der Waals surface area contributed by atoms with E-state index in [9.17, 15) is 9.90 Å². The number of likely N-dealkylation sites (tertiary alicyclic amines) is 1. The molecule has 2 bridgehead atoms. The van der Waals surface area contributed by atoms with Gasteiger partial charge in [-0.15, -0.1) is 6.58 Å². The Bertz CT molecular complexity index is 729. The highest BCUT2D eigenvalue weighted by atomic mass is 16.5. The fourth-order valence-corrected chi connectivity index (χ4v) is 5.77. The lowest BCUT2D eigenvalue weighted by atomic mass is 9.49. The molecule has 23 heavy (non-hydrogen) atoms. The molecule has 2 fully saturated rings. The van der Waals surface area contributed by atoms with E-state index in [4.69, 9.17) is 4.74 Å². The summed E-state index contributed by atoms with van der Waals surface area (Å²) in [7, 11) is 0. The van der Waals surface area contributed by atoms with Crippen molar-refractivity contribution in [3.05, 3.63) is 42.0 Å². The fourth-order valence-electron chi connectivity index (χ4n) is 5.77. The molecule has 2 aliphatic carbocycles. The van der Waals surface area contributed by atoms with Gasteiger partial charge in [-0.05, 0) is 30.9 Å². The number of carbonyl (C=O) groups is 1. The normalized spacial score (nSPS) is 40.5. The summed E-state index contributed by atoms with van der Waals surface area (Å²) in [5, 5.41) is 11.8. The zero-order chi connectivity index (χ0) is 15.8. The van der Waals surface area contributed by atoms with Crippen LogP contribution in [0.3, 0.4) is 0 Å². The standard InChI is InChI=1S/C19H21NO3/c1-2-9-20-10-8-18-16-12-4-3-5-14(16)23-17(18)13(21)6-7-19(18,22)15(20)11-12/h2-5,15,17,22H,1,6-11H2/t15-,17+,18+,19?/m1/s1. The van der Waals surface area contributed by atoms with Crippen molar-refractivity contribution in [1.29, 1.82) is 0 Å². The topological polar surface area (TPSA) is 49.8 Å². The molecule has 4 heteroatoms. The lowest BCUT2D eigenvalue weighted by Crippen LogP contribution is -2.76. The van der Waals surface area contributed by atoms with Gasteiger partial charge in [0.2, 0.25) is 0 Å². The van der Waals surface area contributed by atoms with Crippen LogP contribution in [-0.4, -0.2) is 46.6 Å². The number of aliphatic hydroxyl groups is 1. The highest BCUT2D eigenvalue weighted by Gasteiger charge is 2.72. The first-order valence-electron chi connectivity index (χ1n) is 8.51. The minimum atomic E-state index is -0.882. The van der Waals surface area contributed by atoms with E-state index in [2.05, 4.69) is 17.5 Å². The molecule has 0 radical (unpaired) electrons. The van der Waals surface area contributed by atoms with Crippen molar-refractivity contribution in [2.45, 2.75) is 48.8 Å². The van der Waals surface area contributed by atoms with Gasteiger partial charge < -0.3 is 9.84 Å². The monoisotopic (exact) mass is 311 g/mol. The van der Waals surface area contributed by atoms with Crippen molar-refractivity contribution in [2.24, 2.45) is 0 Å². The smallest absolute Gasteiger partial charge is 0.174 e. The van der Waals surface area contributed by atoms with Crippen LogP contribution in [0.25, 0.3) is 0 Å². The summed E-state index contributed by atoms with van der Waals surface area (Å²) in [6, 6.07) is 6.13. The van der Waals surface area contributed by atoms with Crippen LogP contribution in [0.15, 0.2) is 30.9 Å². The lowest BCUT2D eigenvalue weighted by molar-refractivity contribution is -0.187. The maximum atomic E-state index is 12.6. The Hall–Kier alpha value is -1.65. The molecule has 120 valence electrons. The first kappa shape index (κ1) is 13.8. The number of carbonyl (C=O) groups excluding carboxylic acids is 1. The van der Waals surface area contributed by atoms with Gasteiger partial charge in [0.1, 0.15) is 5.75 Å². The predicted octanol–water partition coefficient (Wildman–Crippen LogP) is 1.60. The number of ether oxygens (including phenoxy) is 1. The molecule has 1 aromatic carbocycles. The summed E-state index contributed by atoms with van der Waals surface area (Å²) >= 11 is 0. The summed E-state index contributed by atoms with van der Waals surface area (Å²) in [6.07, 6.45) is 3.94. The highest BCUT2D eigenvalue weighted by Crippen LogP contribution is 2.63. The van der Waals surface area contributed by atoms with Gasteiger partial charge in [0.25, 0.3) is 0 Å². The number of ketones is 1. The van der Waals surface area contributed by atoms with Gasteiger partial charge in [0, 0.05) is 31.1 Å². The molecule has 1 saturated carbocycles. The van der Waals surface area contributed by atoms with E-state index >= 15 is 0 Å². The number of nitrogens with zero attached hydrogens (tertiary/aromatic N) is 1. The summed E-state index contributed by atoms with van der Waals surface area (Å²) in [6.45, 7) is 5.52. The van der Waals surface area contributed by atoms with Crippen molar-refractivity contribution in [1.82, 2.24) is 4.90 Å². The van der Waals surface area contributed by atoms with E-state index in [0.717, 1.165) is 37.2 Å². The number of rotatable bonds is 2. The quantitative estimate of drug-likeness (QED) is 0.843. The molecule has 1 N–H and O–H groups in total. The van der Waals surface area contributed by atoms with Gasteiger partial charge >= 0.3 is 0 Å². The zero-order valence-electron chi connectivity index (χ0n) is 13.1. The molecule has 4 atom stereocenters. The minimum Gasteiger partial charge on any atom is -0.481 e. The Labute approximate surface area is 135 Å². The first-order chi connectivity index (χ1) is 11.1. The van der Waals surface area contributed by atoms with Crippen molar-refractivity contribution in [3.8, 4) is 5.75 Å². The minimum absolute atomic E-state index is 0.0364. The summed E-state index contributed by atoms with van der Waals surface area (Å²) in [5.41, 5.74) is 0.930. The van der Waals surface area contributed by atoms with Crippen LogP contribution >= 0.6 is 0 Å². The van der Waals surface area contributed by atoms with Gasteiger partial charge in [-0.3, -0.25) is 9.69 Å². The van der Waals surface area contributed by atoms with Crippen LogP contribution in [0.1, 0.15) is 30.4 Å². The number of benzene rings is 1. The molecule has 2 heterocycles. The highest BCUT2D eigenvalue weighted by molar-refractivity contribution is 5.89. The Kier molecular flexibility index (Phi) is 2.54. The molecule has 0 amide bonds. The molecule has 5 rings (SSSR count). The summed E-state index contributed by atoms with van der Waals surface area (Å²) in [5.74, 6) is 0.964. The molecular weight excluding hydrogens is 290 g/mol. The van der Waals surface area contributed by atoms with Gasteiger partial charge in [-0.25, -0.2) is 0 Å². The summed E-state index contributed by atoms with van der Waals surface area (Å²) < 4.78 is 6.10. The predicted molar refractivity (Wildman–Crippen MR) is 85.6 cm³/mol. The van der Waals surface area contributed by atoms with Crippen LogP contribution in [-0.2, 0) is 16.6 Å². The molecule has 1 spiro atoms. The second-order valence-corrected chi connectivity index (χ2v) is 7.40. The Morgan fingerprint density at radius 2 is 2.30 bits per heavy atom. The van der Waals surface area contributed by atoms with Gasteiger partial charge in [-0.1, -0.05) is 18.2 Å². The van der Waals surface area contributed by atoms with Crippen LogP contribution in [0, 0.1) is 0 Å². The molecule has 2 aliphatic heterocycles. The van der Waals surface area contributed by atoms with Gasteiger partial charge in [-0.2, -0.15) is 0 Å². The molecule has 1 unspecified atom stereocenters. The Balaban J connectivity index is 1.78. The van der Waals surface area contributed by atoms with E-state index in [1.165, 1.54) is 5.56 Å². The van der Waals surface area contributed by atoms with E-state index in [1.54, 1.807) is 0 Å². The van der Waals surface area contributed by atoms with E-state index < -0.39 is 17.1 Å². The van der Waals surface area contributed by atoms with Crippen LogP contribution < -0.4 is 4.74 Å². The molecule has 4 aliphatic rings. The van der Waals surface area contributed by atoms with E-state index in [-0.39, 0.29) is 11.8 Å². The number of hydrogen-bond acceptors (Lipinski definition) is 4. The fraction of sp³-hybridized carbons (Fsp3) is 0.526. The average Bonchev–Trinajstić information content (AvgIpc) is 2.88. The van der Waals surface area contributed by atoms with Crippen LogP contribution in [0.5, 0.6) is 5.75 Å². The lowest BCUT2D eigenvalue weighted by Gasteiger charge is -2.62. The molecule has 1 saturated heterocycles. The third kappa shape index (κ3) is 1.38. The number of hydrogen-bond donors (Lipinski definition) is 1. The van der Waals surface area contributed by atoms with E-state index in [1.807, 2.05) is 18.2 Å². The van der Waals surface area contributed by atoms with Gasteiger partial charge in [0.05, 0.1) is 11.0 Å². The van der Waals surface area contributed by atoms with Crippen molar-refractivity contribution in [2.75, 3.05) is 13.1 Å². The number of Topliss-reactive ketones (excluding diaryl/α,β-unsaturated/α-hetero) is 1. The maximum absolute atomic E-state index is 12.6. The SMILES string of the molecule is C=CCN1CC[C@]23c4c5cccc4O[C@H]2C(=O)CCC3(O)[C@H]1C5. The third-order valence-electron chi connectivity index (χ3n) is 6.63. The maximum Gasteiger partial charge on any atom is 0.174 e. The first-order valence-corrected chi connectivity index (χ1v) is 8.51. The summed E-state index contributed by atoms with van der Waals surface area (Å²) in [4.78, 5) is 14.9. The van der Waals surface area contributed by atoms with Crippen molar-refractivity contribution in [3.63, 3.8) is 0 Å². The van der Waals surface area contributed by atoms with Crippen molar-refractivity contribution >= 4 is 5.78 Å². The second-order valence-electron chi connectivity index (χ2n) is 7.40. The largest absolute Gasteiger partial charge is 0.481 e. The zero-order valence-corrected chi connectivity index (χ0v) is 13.1. The van der Waals surface area contributed by atoms with Crippen LogP contribution in [0.2, 0.25) is 0 Å². The second kappa shape index (κ2) is 4.25. The third-order valence-corrected chi connectivity index (χ3v) is 6.63. The van der Waals surface area contributed by atoms with E-state index in [0.29, 0.717) is 12.8 Å². The Morgan fingerprint density at radius 1 is 1.43 bits per heavy atom. The molecule has 0 aromatic heterocycles. The molecule has 4 nitrogen and oxygen atoms in total. The average molecular weight is 311 g/mol. The Morgan fingerprint density at radius 3 is 3.13 bits per heavy atom. The van der Waals surface area contributed by atoms with Gasteiger partial charge in [0.15, 0.2) is 11.9 Å². The molecular formula is C19H21NO3. The van der Waals surface area contributed by atoms with Crippen LogP contribution in [0.4, 0.5) is 0 Å².